The number of amides is 1. The van der Waals surface area contributed by atoms with E-state index in [9.17, 15) is 4.79 Å². The van der Waals surface area contributed by atoms with Crippen LogP contribution in [0.5, 0.6) is 5.75 Å². The summed E-state index contributed by atoms with van der Waals surface area (Å²) in [5.74, 6) is 0.631. The average molecular weight is 354 g/mol. The molecule has 0 bridgehead atoms. The van der Waals surface area contributed by atoms with Crippen molar-refractivity contribution in [3.63, 3.8) is 0 Å². The molecule has 1 amide bonds. The van der Waals surface area contributed by atoms with E-state index in [2.05, 4.69) is 22.3 Å². The van der Waals surface area contributed by atoms with Crippen LogP contribution in [0.4, 0.5) is 4.79 Å². The Hall–Kier alpha value is -2.37. The van der Waals surface area contributed by atoms with E-state index in [1.807, 2.05) is 44.2 Å². The Labute approximate surface area is 154 Å². The first-order chi connectivity index (χ1) is 12.6. The second-order valence-electron chi connectivity index (χ2n) is 6.67. The quantitative estimate of drug-likeness (QED) is 0.894. The van der Waals surface area contributed by atoms with Gasteiger partial charge in [0, 0.05) is 26.2 Å². The summed E-state index contributed by atoms with van der Waals surface area (Å²) in [4.78, 5) is 14.5. The molecule has 0 radical (unpaired) electrons. The molecule has 0 atom stereocenters. The lowest BCUT2D eigenvalue weighted by atomic mass is 10.1. The first-order valence-electron chi connectivity index (χ1n) is 9.01. The minimum absolute atomic E-state index is 0.430. The van der Waals surface area contributed by atoms with Crippen LogP contribution in [0.1, 0.15) is 22.3 Å². The number of para-hydroxylation sites is 1. The summed E-state index contributed by atoms with van der Waals surface area (Å²) in [6.45, 7) is 8.74. The van der Waals surface area contributed by atoms with E-state index in [-0.39, 0.29) is 0 Å². The van der Waals surface area contributed by atoms with Gasteiger partial charge in [0.1, 0.15) is 5.75 Å². The number of benzene rings is 2. The van der Waals surface area contributed by atoms with Gasteiger partial charge in [-0.05, 0) is 36.1 Å². The highest BCUT2D eigenvalue weighted by Crippen LogP contribution is 2.22. The third-order valence-corrected chi connectivity index (χ3v) is 4.54. The molecule has 2 aromatic rings. The first-order valence-corrected chi connectivity index (χ1v) is 9.01. The fourth-order valence-corrected chi connectivity index (χ4v) is 3.12. The number of nitrogens with one attached hydrogen (secondary N) is 1. The molecule has 0 unspecified atom stereocenters. The van der Waals surface area contributed by atoms with E-state index in [1.54, 1.807) is 0 Å². The number of carbonyl (C=O) groups is 1. The van der Waals surface area contributed by atoms with Gasteiger partial charge < -0.3 is 14.8 Å². The minimum atomic E-state index is -0.430. The monoisotopic (exact) mass is 354 g/mol. The van der Waals surface area contributed by atoms with E-state index in [0.717, 1.165) is 49.5 Å². The Morgan fingerprint density at radius 3 is 2.46 bits per heavy atom. The zero-order valence-corrected chi connectivity index (χ0v) is 15.5. The summed E-state index contributed by atoms with van der Waals surface area (Å²) in [6.07, 6.45) is -0.430. The van der Waals surface area contributed by atoms with Crippen LogP contribution in [0.15, 0.2) is 42.5 Å². The molecule has 1 aliphatic rings. The van der Waals surface area contributed by atoms with Gasteiger partial charge in [-0.2, -0.15) is 0 Å². The zero-order chi connectivity index (χ0) is 18.4. The molecular formula is C21H26N2O3. The van der Waals surface area contributed by atoms with Crippen molar-refractivity contribution in [2.75, 3.05) is 26.3 Å². The molecule has 1 fully saturated rings. The molecule has 5 heteroatoms. The fourth-order valence-electron chi connectivity index (χ4n) is 3.12. The third kappa shape index (κ3) is 5.07. The molecule has 1 N–H and O–H groups in total. The lowest BCUT2D eigenvalue weighted by Crippen LogP contribution is -2.35. The van der Waals surface area contributed by atoms with Crippen LogP contribution >= 0.6 is 0 Å². The molecule has 1 aliphatic heterocycles. The second-order valence-corrected chi connectivity index (χ2v) is 6.67. The summed E-state index contributed by atoms with van der Waals surface area (Å²) >= 11 is 0. The van der Waals surface area contributed by atoms with Gasteiger partial charge in [0.05, 0.1) is 13.2 Å². The molecule has 0 aliphatic carbocycles. The number of hydrogen-bond acceptors (Lipinski definition) is 4. The van der Waals surface area contributed by atoms with Gasteiger partial charge >= 0.3 is 6.09 Å². The molecule has 3 rings (SSSR count). The highest BCUT2D eigenvalue weighted by molar-refractivity contribution is 5.71. The van der Waals surface area contributed by atoms with Gasteiger partial charge in [-0.25, -0.2) is 4.79 Å². The Kier molecular flexibility index (Phi) is 6.26. The highest BCUT2D eigenvalue weighted by Gasteiger charge is 2.12. The van der Waals surface area contributed by atoms with Crippen molar-refractivity contribution in [3.8, 4) is 5.75 Å². The molecule has 5 nitrogen and oxygen atoms in total. The third-order valence-electron chi connectivity index (χ3n) is 4.54. The summed E-state index contributed by atoms with van der Waals surface area (Å²) in [7, 11) is 0. The van der Waals surface area contributed by atoms with Gasteiger partial charge in [-0.15, -0.1) is 0 Å². The second kappa shape index (κ2) is 8.83. The van der Waals surface area contributed by atoms with Crippen molar-refractivity contribution in [3.05, 3.63) is 64.7 Å². The minimum Gasteiger partial charge on any atom is -0.410 e. The van der Waals surface area contributed by atoms with E-state index in [0.29, 0.717) is 12.3 Å². The van der Waals surface area contributed by atoms with Crippen LogP contribution in [0.2, 0.25) is 0 Å². The number of morpholine rings is 1. The topological polar surface area (TPSA) is 50.8 Å². The normalized spacial score (nSPS) is 14.8. The van der Waals surface area contributed by atoms with Gasteiger partial charge in [0.15, 0.2) is 0 Å². The molecule has 2 aromatic carbocycles. The number of aryl methyl sites for hydroxylation is 2. The lowest BCUT2D eigenvalue weighted by molar-refractivity contribution is 0.0342. The van der Waals surface area contributed by atoms with Crippen LogP contribution < -0.4 is 10.1 Å². The number of rotatable bonds is 5. The number of carbonyl (C=O) groups excluding carboxylic acids is 1. The van der Waals surface area contributed by atoms with Crippen LogP contribution in [0.25, 0.3) is 0 Å². The zero-order valence-electron chi connectivity index (χ0n) is 15.5. The highest BCUT2D eigenvalue weighted by atomic mass is 16.6. The van der Waals surface area contributed by atoms with Crippen LogP contribution in [0.3, 0.4) is 0 Å². The van der Waals surface area contributed by atoms with Gasteiger partial charge in [0.25, 0.3) is 0 Å². The van der Waals surface area contributed by atoms with Crippen molar-refractivity contribution in [1.82, 2.24) is 10.2 Å². The van der Waals surface area contributed by atoms with E-state index >= 15 is 0 Å². The summed E-state index contributed by atoms with van der Waals surface area (Å²) in [6, 6.07) is 14.1. The summed E-state index contributed by atoms with van der Waals surface area (Å²) in [5.41, 5.74) is 4.21. The SMILES string of the molecule is Cc1cccc(C)c1OC(=O)NCc1cccc(CN2CCOCC2)c1. The van der Waals surface area contributed by atoms with Crippen molar-refractivity contribution in [2.45, 2.75) is 26.9 Å². The Morgan fingerprint density at radius 1 is 1.08 bits per heavy atom. The van der Waals surface area contributed by atoms with Gasteiger partial charge in [-0.3, -0.25) is 4.90 Å². The lowest BCUT2D eigenvalue weighted by Gasteiger charge is -2.26. The van der Waals surface area contributed by atoms with Crippen LogP contribution in [-0.2, 0) is 17.8 Å². The van der Waals surface area contributed by atoms with Crippen LogP contribution in [-0.4, -0.2) is 37.3 Å². The molecule has 0 saturated carbocycles. The van der Waals surface area contributed by atoms with Gasteiger partial charge in [0.2, 0.25) is 0 Å². The summed E-state index contributed by atoms with van der Waals surface area (Å²) < 4.78 is 10.9. The molecule has 26 heavy (non-hydrogen) atoms. The number of ether oxygens (including phenoxy) is 2. The number of hydrogen-bond donors (Lipinski definition) is 1. The first kappa shape index (κ1) is 18.4. The largest absolute Gasteiger partial charge is 0.412 e. The Morgan fingerprint density at radius 2 is 1.73 bits per heavy atom. The predicted molar refractivity (Wildman–Crippen MR) is 101 cm³/mol. The van der Waals surface area contributed by atoms with E-state index in [4.69, 9.17) is 9.47 Å². The van der Waals surface area contributed by atoms with Crippen molar-refractivity contribution in [1.29, 1.82) is 0 Å². The van der Waals surface area contributed by atoms with Crippen molar-refractivity contribution >= 4 is 6.09 Å². The smallest absolute Gasteiger partial charge is 0.410 e. The molecular weight excluding hydrogens is 328 g/mol. The fraction of sp³-hybridized carbons (Fsp3) is 0.381. The molecule has 1 heterocycles. The maximum atomic E-state index is 12.1. The maximum Gasteiger partial charge on any atom is 0.412 e. The predicted octanol–water partition coefficient (Wildman–Crippen LogP) is 3.42. The number of nitrogens with zero attached hydrogens (tertiary/aromatic N) is 1. The average Bonchev–Trinajstić information content (AvgIpc) is 2.64. The molecule has 0 spiro atoms. The molecule has 1 saturated heterocycles. The van der Waals surface area contributed by atoms with Crippen molar-refractivity contribution in [2.24, 2.45) is 0 Å². The molecule has 138 valence electrons. The van der Waals surface area contributed by atoms with Crippen molar-refractivity contribution < 1.29 is 14.3 Å². The Balaban J connectivity index is 1.54. The Bertz CT molecular complexity index is 734. The van der Waals surface area contributed by atoms with Crippen LogP contribution in [0, 0.1) is 13.8 Å². The van der Waals surface area contributed by atoms with E-state index < -0.39 is 6.09 Å². The van der Waals surface area contributed by atoms with E-state index in [1.165, 1.54) is 5.56 Å². The maximum absolute atomic E-state index is 12.1. The summed E-state index contributed by atoms with van der Waals surface area (Å²) in [5, 5.41) is 2.84. The molecule has 0 aromatic heterocycles. The van der Waals surface area contributed by atoms with Gasteiger partial charge in [-0.1, -0.05) is 42.5 Å². The standard InChI is InChI=1S/C21H26N2O3/c1-16-5-3-6-17(2)20(16)26-21(24)22-14-18-7-4-8-19(13-18)15-23-9-11-25-12-10-23/h3-8,13H,9-12,14-15H2,1-2H3,(H,22,24).